The second-order valence-electron chi connectivity index (χ2n) is 10.6. The van der Waals surface area contributed by atoms with Gasteiger partial charge >= 0.3 is 11.9 Å². The predicted molar refractivity (Wildman–Crippen MR) is 117 cm³/mol. The number of aliphatic hydroxyl groups excluding tert-OH is 1. The van der Waals surface area contributed by atoms with Crippen molar-refractivity contribution in [3.05, 3.63) is 56.6 Å². The zero-order valence-corrected chi connectivity index (χ0v) is 19.2. The summed E-state index contributed by atoms with van der Waals surface area (Å²) in [6.45, 7) is 2.19. The van der Waals surface area contributed by atoms with E-state index in [9.17, 15) is 39.6 Å². The summed E-state index contributed by atoms with van der Waals surface area (Å²) >= 11 is 0. The van der Waals surface area contributed by atoms with Gasteiger partial charge in [0.1, 0.15) is 41.4 Å². The molecule has 1 fully saturated rings. The Balaban J connectivity index is 1.75. The van der Waals surface area contributed by atoms with Crippen LogP contribution in [0.3, 0.4) is 0 Å². The molecule has 4 bridgehead atoms. The molecule has 1 saturated carbocycles. The molecular weight excluding hydrogens is 472 g/mol. The molecule has 0 amide bonds. The molecule has 2 heterocycles. The summed E-state index contributed by atoms with van der Waals surface area (Å²) in [4.78, 5) is 53.6. The molecule has 0 saturated heterocycles. The number of ether oxygens (including phenoxy) is 2. The fourth-order valence-corrected chi connectivity index (χ4v) is 7.82. The van der Waals surface area contributed by atoms with Crippen molar-refractivity contribution in [3.63, 3.8) is 0 Å². The second-order valence-corrected chi connectivity index (χ2v) is 10.6. The van der Waals surface area contributed by atoms with E-state index in [1.807, 2.05) is 0 Å². The van der Waals surface area contributed by atoms with Gasteiger partial charge < -0.3 is 29.9 Å². The number of Topliss-reactive ketones (excluding diaryl/α,β-unsaturated/α-hetero) is 2. The lowest BCUT2D eigenvalue weighted by molar-refractivity contribution is -0.170. The fourth-order valence-electron chi connectivity index (χ4n) is 7.82. The van der Waals surface area contributed by atoms with Crippen molar-refractivity contribution in [2.45, 2.75) is 42.8 Å². The molecule has 10 heteroatoms. The molecule has 5 aliphatic rings. The van der Waals surface area contributed by atoms with Crippen LogP contribution in [-0.2, 0) is 20.3 Å². The Kier molecular flexibility index (Phi) is 3.56. The minimum Gasteiger partial charge on any atom is -0.507 e. The molecule has 7 rings (SSSR count). The van der Waals surface area contributed by atoms with Crippen molar-refractivity contribution in [2.75, 3.05) is 13.2 Å². The molecule has 2 aromatic carbocycles. The van der Waals surface area contributed by atoms with Crippen molar-refractivity contribution in [1.82, 2.24) is 0 Å². The Bertz CT molecular complexity index is 1540. The van der Waals surface area contributed by atoms with E-state index < -0.39 is 83.1 Å². The normalized spacial score (nSPS) is 35.0. The minimum absolute atomic E-state index is 0.0128. The second kappa shape index (κ2) is 5.96. The number of hydrogen-bond acceptors (Lipinski definition) is 10. The number of hydrogen-bond donors (Lipinski definition) is 4. The van der Waals surface area contributed by atoms with E-state index in [4.69, 9.17) is 9.47 Å². The first-order valence-electron chi connectivity index (χ1n) is 11.5. The number of phenols is 2. The number of aromatic hydroxyl groups is 2. The summed E-state index contributed by atoms with van der Waals surface area (Å²) in [5.41, 5.74) is -5.48. The Morgan fingerprint density at radius 1 is 0.833 bits per heavy atom. The maximum atomic E-state index is 13.9. The van der Waals surface area contributed by atoms with Crippen LogP contribution in [0.4, 0.5) is 0 Å². The first-order valence-corrected chi connectivity index (χ1v) is 11.5. The number of carbonyl (C=O) groups excluding carboxylic acids is 4. The van der Waals surface area contributed by atoms with E-state index in [0.29, 0.717) is 5.56 Å². The van der Waals surface area contributed by atoms with Gasteiger partial charge in [-0.3, -0.25) is 9.59 Å². The number of carbonyl (C=O) groups is 4. The van der Waals surface area contributed by atoms with Gasteiger partial charge in [0.05, 0.1) is 17.4 Å². The van der Waals surface area contributed by atoms with Crippen molar-refractivity contribution < 1.29 is 49.1 Å². The highest BCUT2D eigenvalue weighted by atomic mass is 16.5. The van der Waals surface area contributed by atoms with Gasteiger partial charge in [0.25, 0.3) is 0 Å². The summed E-state index contributed by atoms with van der Waals surface area (Å²) < 4.78 is 11.0. The fraction of sp³-hybridized carbons (Fsp3) is 0.385. The zero-order chi connectivity index (χ0) is 25.7. The van der Waals surface area contributed by atoms with Gasteiger partial charge in [0.2, 0.25) is 0 Å². The van der Waals surface area contributed by atoms with Crippen LogP contribution in [0.5, 0.6) is 11.5 Å². The molecule has 10 nitrogen and oxygen atoms in total. The van der Waals surface area contributed by atoms with E-state index in [1.165, 1.54) is 19.1 Å². The quantitative estimate of drug-likeness (QED) is 0.385. The highest BCUT2D eigenvalue weighted by molar-refractivity contribution is 6.17. The molecule has 4 N–H and O–H groups in total. The number of fused-ring (bicyclic) bond motifs is 3. The van der Waals surface area contributed by atoms with Crippen LogP contribution in [0.25, 0.3) is 0 Å². The number of phenolic OH excluding ortho intramolecular Hbond substituents is 2. The third kappa shape index (κ3) is 1.88. The van der Waals surface area contributed by atoms with Crippen LogP contribution in [0, 0.1) is 19.8 Å². The van der Waals surface area contributed by atoms with E-state index in [2.05, 4.69) is 0 Å². The first kappa shape index (κ1) is 21.5. The Labute approximate surface area is 203 Å². The van der Waals surface area contributed by atoms with Crippen LogP contribution in [0.1, 0.15) is 70.1 Å². The van der Waals surface area contributed by atoms with Crippen LogP contribution in [-0.4, -0.2) is 68.8 Å². The molecule has 2 aromatic rings. The van der Waals surface area contributed by atoms with Gasteiger partial charge in [0, 0.05) is 16.5 Å². The summed E-state index contributed by atoms with van der Waals surface area (Å²) in [6.07, 6.45) is -2.16. The monoisotopic (exact) mass is 492 g/mol. The third-order valence-corrected chi connectivity index (χ3v) is 9.13. The lowest BCUT2D eigenvalue weighted by atomic mass is 9.37. The third-order valence-electron chi connectivity index (χ3n) is 9.13. The zero-order valence-electron chi connectivity index (χ0n) is 19.2. The lowest BCUT2D eigenvalue weighted by Crippen LogP contribution is -2.80. The molecule has 3 aliphatic carbocycles. The molecule has 36 heavy (non-hydrogen) atoms. The van der Waals surface area contributed by atoms with Crippen LogP contribution < -0.4 is 0 Å². The van der Waals surface area contributed by atoms with E-state index >= 15 is 0 Å². The van der Waals surface area contributed by atoms with Crippen molar-refractivity contribution in [1.29, 1.82) is 0 Å². The van der Waals surface area contributed by atoms with E-state index in [0.717, 1.165) is 0 Å². The minimum atomic E-state index is -2.36. The lowest BCUT2D eigenvalue weighted by Gasteiger charge is -2.67. The number of aliphatic hydroxyl groups is 2. The maximum absolute atomic E-state index is 13.9. The topological polar surface area (TPSA) is 168 Å². The number of rotatable bonds is 0. The molecule has 0 aromatic heterocycles. The van der Waals surface area contributed by atoms with Gasteiger partial charge in [-0.15, -0.1) is 0 Å². The number of esters is 2. The molecular formula is C26H20O10. The number of benzene rings is 2. The van der Waals surface area contributed by atoms with E-state index in [-0.39, 0.29) is 38.9 Å². The van der Waals surface area contributed by atoms with Gasteiger partial charge in [-0.25, -0.2) is 9.59 Å². The molecule has 0 radical (unpaired) electrons. The molecule has 2 spiro atoms. The number of cyclic esters (lactones) is 2. The molecule has 0 unspecified atom stereocenters. The number of ketones is 2. The molecule has 5 atom stereocenters. The van der Waals surface area contributed by atoms with Gasteiger partial charge in [0.15, 0.2) is 11.6 Å². The average Bonchev–Trinajstić information content (AvgIpc) is 2.79. The number of aryl methyl sites for hydroxylation is 2. The first-order chi connectivity index (χ1) is 16.9. The Morgan fingerprint density at radius 3 is 2.03 bits per heavy atom. The van der Waals surface area contributed by atoms with Crippen molar-refractivity contribution >= 4 is 23.5 Å². The van der Waals surface area contributed by atoms with Gasteiger partial charge in [-0.2, -0.15) is 0 Å². The molecule has 184 valence electrons. The van der Waals surface area contributed by atoms with Gasteiger partial charge in [-0.05, 0) is 54.7 Å². The molecule has 2 aliphatic heterocycles. The summed E-state index contributed by atoms with van der Waals surface area (Å²) in [6, 6.07) is 2.45. The van der Waals surface area contributed by atoms with Crippen LogP contribution in [0.15, 0.2) is 12.1 Å². The standard InChI is InChI=1S/C26H20O10/c1-8-3-11(28)15-17-12(8)19(29)18-21(31)25(17,7-36-23(15)33)24-5-26(18,34)20(30)13-9(2)4-10(27)14(16(13)24)22(32)35-6-24/h3-4,18,21,27-28,31,34H,5-7H2,1-2H3/t18-,21+,24-,25+,26+/m0/s1. The van der Waals surface area contributed by atoms with Crippen molar-refractivity contribution in [2.24, 2.45) is 5.92 Å². The van der Waals surface area contributed by atoms with Crippen LogP contribution >= 0.6 is 0 Å². The van der Waals surface area contributed by atoms with Gasteiger partial charge in [-0.1, -0.05) is 0 Å². The highest BCUT2D eigenvalue weighted by Crippen LogP contribution is 2.68. The average molecular weight is 492 g/mol. The summed E-state index contributed by atoms with van der Waals surface area (Å²) in [5.74, 6) is -5.81. The maximum Gasteiger partial charge on any atom is 0.342 e. The Hall–Kier alpha value is -3.76. The van der Waals surface area contributed by atoms with Crippen LogP contribution in [0.2, 0.25) is 0 Å². The highest BCUT2D eigenvalue weighted by Gasteiger charge is 2.79. The van der Waals surface area contributed by atoms with Crippen molar-refractivity contribution in [3.8, 4) is 11.5 Å². The summed E-state index contributed by atoms with van der Waals surface area (Å²) in [5, 5.41) is 45.4. The smallest absolute Gasteiger partial charge is 0.342 e. The Morgan fingerprint density at radius 2 is 1.39 bits per heavy atom. The largest absolute Gasteiger partial charge is 0.507 e. The predicted octanol–water partition coefficient (Wildman–Crippen LogP) is 0.736. The summed E-state index contributed by atoms with van der Waals surface area (Å²) in [7, 11) is 0. The van der Waals surface area contributed by atoms with E-state index in [1.54, 1.807) is 6.92 Å². The SMILES string of the molecule is Cc1cc(O)c2c3c1C(=O)[C@@]1(O)C[C@@]3(COC2=O)[C@]23COC(=O)c4c(O)cc(C)c(c42)C(=O)[C@H]1[C@H]3O.